The van der Waals surface area contributed by atoms with Gasteiger partial charge in [-0.2, -0.15) is 0 Å². The van der Waals surface area contributed by atoms with Crippen molar-refractivity contribution in [1.82, 2.24) is 9.97 Å². The van der Waals surface area contributed by atoms with Crippen molar-refractivity contribution in [1.29, 1.82) is 0 Å². The summed E-state index contributed by atoms with van der Waals surface area (Å²) in [5.41, 5.74) is 3.71. The molecule has 3 aromatic rings. The summed E-state index contributed by atoms with van der Waals surface area (Å²) < 4.78 is 5.17. The van der Waals surface area contributed by atoms with Crippen LogP contribution < -0.4 is 15.4 Å². The molecule has 26 heavy (non-hydrogen) atoms. The van der Waals surface area contributed by atoms with Gasteiger partial charge in [0.05, 0.1) is 7.11 Å². The number of aromatic nitrogens is 2. The van der Waals surface area contributed by atoms with Crippen LogP contribution in [0.4, 0.5) is 17.3 Å². The van der Waals surface area contributed by atoms with Crippen molar-refractivity contribution < 1.29 is 9.53 Å². The van der Waals surface area contributed by atoms with E-state index in [4.69, 9.17) is 4.74 Å². The van der Waals surface area contributed by atoms with Gasteiger partial charge in [0.15, 0.2) is 0 Å². The van der Waals surface area contributed by atoms with Crippen molar-refractivity contribution >= 4 is 23.2 Å². The van der Waals surface area contributed by atoms with Gasteiger partial charge in [0.25, 0.3) is 5.91 Å². The average molecular weight is 348 g/mol. The van der Waals surface area contributed by atoms with Crippen molar-refractivity contribution in [3.05, 3.63) is 71.5 Å². The predicted molar refractivity (Wildman–Crippen MR) is 102 cm³/mol. The van der Waals surface area contributed by atoms with Gasteiger partial charge in [-0.3, -0.25) is 4.79 Å². The summed E-state index contributed by atoms with van der Waals surface area (Å²) in [7, 11) is 1.59. The van der Waals surface area contributed by atoms with E-state index in [1.54, 1.807) is 25.3 Å². The van der Waals surface area contributed by atoms with Gasteiger partial charge in [-0.05, 0) is 50.2 Å². The zero-order valence-electron chi connectivity index (χ0n) is 14.9. The number of anilines is 3. The number of carbonyl (C=O) groups excluding carboxylic acids is 1. The van der Waals surface area contributed by atoms with Crippen LogP contribution in [-0.2, 0) is 0 Å². The van der Waals surface area contributed by atoms with E-state index in [-0.39, 0.29) is 5.91 Å². The SMILES string of the molecule is COc1cccc(NC(=O)c2cccc(Nc3nc(C)cc(C)n3)c2)c1. The zero-order chi connectivity index (χ0) is 18.5. The quantitative estimate of drug-likeness (QED) is 0.726. The topological polar surface area (TPSA) is 76.1 Å². The molecule has 6 nitrogen and oxygen atoms in total. The second kappa shape index (κ2) is 7.65. The highest BCUT2D eigenvalue weighted by Crippen LogP contribution is 2.19. The van der Waals surface area contributed by atoms with E-state index < -0.39 is 0 Å². The molecular formula is C20H20N4O2. The molecule has 1 aromatic heterocycles. The van der Waals surface area contributed by atoms with Crippen LogP contribution in [-0.4, -0.2) is 23.0 Å². The number of hydrogen-bond donors (Lipinski definition) is 2. The first-order valence-electron chi connectivity index (χ1n) is 8.18. The Hall–Kier alpha value is -3.41. The highest BCUT2D eigenvalue weighted by molar-refractivity contribution is 6.04. The first-order chi connectivity index (χ1) is 12.5. The molecule has 0 unspecified atom stereocenters. The molecule has 0 spiro atoms. The minimum Gasteiger partial charge on any atom is -0.497 e. The lowest BCUT2D eigenvalue weighted by Gasteiger charge is -2.10. The fourth-order valence-corrected chi connectivity index (χ4v) is 2.55. The maximum Gasteiger partial charge on any atom is 0.255 e. The van der Waals surface area contributed by atoms with Crippen LogP contribution in [0.1, 0.15) is 21.7 Å². The Balaban J connectivity index is 1.76. The van der Waals surface area contributed by atoms with Crippen LogP contribution in [0.15, 0.2) is 54.6 Å². The molecule has 0 fully saturated rings. The standard InChI is InChI=1S/C20H20N4O2/c1-13-10-14(2)22-20(21-13)24-16-7-4-6-15(11-16)19(25)23-17-8-5-9-18(12-17)26-3/h4-12H,1-3H3,(H,23,25)(H,21,22,24). The number of carbonyl (C=O) groups is 1. The van der Waals surface area contributed by atoms with Crippen LogP contribution in [0.5, 0.6) is 5.75 Å². The number of hydrogen-bond acceptors (Lipinski definition) is 5. The maximum atomic E-state index is 12.5. The molecule has 1 amide bonds. The fourth-order valence-electron chi connectivity index (χ4n) is 2.55. The molecule has 1 heterocycles. The number of benzene rings is 2. The van der Waals surface area contributed by atoms with E-state index >= 15 is 0 Å². The Morgan fingerprint density at radius 3 is 2.35 bits per heavy atom. The van der Waals surface area contributed by atoms with Crippen molar-refractivity contribution in [2.45, 2.75) is 13.8 Å². The normalized spacial score (nSPS) is 10.3. The van der Waals surface area contributed by atoms with E-state index in [9.17, 15) is 4.79 Å². The molecule has 0 aliphatic rings. The van der Waals surface area contributed by atoms with E-state index in [0.717, 1.165) is 17.1 Å². The third kappa shape index (κ3) is 4.36. The van der Waals surface area contributed by atoms with Gasteiger partial charge < -0.3 is 15.4 Å². The summed E-state index contributed by atoms with van der Waals surface area (Å²) >= 11 is 0. The summed E-state index contributed by atoms with van der Waals surface area (Å²) in [6.45, 7) is 3.83. The van der Waals surface area contributed by atoms with Crippen molar-refractivity contribution in [2.24, 2.45) is 0 Å². The second-order valence-corrected chi connectivity index (χ2v) is 5.87. The molecule has 6 heteroatoms. The molecular weight excluding hydrogens is 328 g/mol. The lowest BCUT2D eigenvalue weighted by Crippen LogP contribution is -2.12. The van der Waals surface area contributed by atoms with Gasteiger partial charge in [0, 0.05) is 34.4 Å². The smallest absolute Gasteiger partial charge is 0.255 e. The lowest BCUT2D eigenvalue weighted by atomic mass is 10.2. The minimum absolute atomic E-state index is 0.205. The highest BCUT2D eigenvalue weighted by Gasteiger charge is 2.08. The first kappa shape index (κ1) is 17.4. The van der Waals surface area contributed by atoms with E-state index in [0.29, 0.717) is 22.9 Å². The van der Waals surface area contributed by atoms with E-state index in [2.05, 4.69) is 20.6 Å². The molecule has 0 bridgehead atoms. The maximum absolute atomic E-state index is 12.5. The van der Waals surface area contributed by atoms with Gasteiger partial charge >= 0.3 is 0 Å². The number of amides is 1. The van der Waals surface area contributed by atoms with E-state index in [1.807, 2.05) is 50.2 Å². The monoisotopic (exact) mass is 348 g/mol. The Morgan fingerprint density at radius 1 is 0.923 bits per heavy atom. The number of methoxy groups -OCH3 is 1. The van der Waals surface area contributed by atoms with Crippen LogP contribution in [0.2, 0.25) is 0 Å². The Kier molecular flexibility index (Phi) is 5.12. The summed E-state index contributed by atoms with van der Waals surface area (Å²) in [6.07, 6.45) is 0. The van der Waals surface area contributed by atoms with Crippen molar-refractivity contribution in [2.75, 3.05) is 17.7 Å². The number of rotatable bonds is 5. The number of aryl methyl sites for hydroxylation is 2. The number of ether oxygens (including phenoxy) is 1. The molecule has 132 valence electrons. The minimum atomic E-state index is -0.205. The van der Waals surface area contributed by atoms with Crippen LogP contribution in [0.3, 0.4) is 0 Å². The van der Waals surface area contributed by atoms with Crippen molar-refractivity contribution in [3.8, 4) is 5.75 Å². The van der Waals surface area contributed by atoms with Crippen LogP contribution >= 0.6 is 0 Å². The lowest BCUT2D eigenvalue weighted by molar-refractivity contribution is 0.102. The van der Waals surface area contributed by atoms with Crippen LogP contribution in [0, 0.1) is 13.8 Å². The third-order valence-electron chi connectivity index (χ3n) is 3.69. The van der Waals surface area contributed by atoms with Gasteiger partial charge in [0.2, 0.25) is 5.95 Å². The molecule has 2 N–H and O–H groups in total. The molecule has 2 aromatic carbocycles. The number of nitrogens with one attached hydrogen (secondary N) is 2. The second-order valence-electron chi connectivity index (χ2n) is 5.87. The molecule has 0 aliphatic heterocycles. The molecule has 0 atom stereocenters. The van der Waals surface area contributed by atoms with Gasteiger partial charge in [-0.1, -0.05) is 12.1 Å². The Morgan fingerprint density at radius 2 is 1.62 bits per heavy atom. The summed E-state index contributed by atoms with van der Waals surface area (Å²) in [4.78, 5) is 21.2. The predicted octanol–water partition coefficient (Wildman–Crippen LogP) is 4.10. The molecule has 0 saturated heterocycles. The number of nitrogens with zero attached hydrogens (tertiary/aromatic N) is 2. The summed E-state index contributed by atoms with van der Waals surface area (Å²) in [5.74, 6) is 0.987. The summed E-state index contributed by atoms with van der Waals surface area (Å²) in [5, 5.41) is 6.00. The highest BCUT2D eigenvalue weighted by atomic mass is 16.5. The van der Waals surface area contributed by atoms with Gasteiger partial charge in [-0.15, -0.1) is 0 Å². The Labute approximate surface area is 152 Å². The molecule has 0 saturated carbocycles. The average Bonchev–Trinajstić information content (AvgIpc) is 2.61. The van der Waals surface area contributed by atoms with E-state index in [1.165, 1.54) is 0 Å². The van der Waals surface area contributed by atoms with Gasteiger partial charge in [0.1, 0.15) is 5.75 Å². The molecule has 3 rings (SSSR count). The van der Waals surface area contributed by atoms with Crippen molar-refractivity contribution in [3.63, 3.8) is 0 Å². The van der Waals surface area contributed by atoms with Crippen LogP contribution in [0.25, 0.3) is 0 Å². The fraction of sp³-hybridized carbons (Fsp3) is 0.150. The Bertz CT molecular complexity index is 920. The molecule has 0 aliphatic carbocycles. The first-order valence-corrected chi connectivity index (χ1v) is 8.18. The third-order valence-corrected chi connectivity index (χ3v) is 3.69. The largest absolute Gasteiger partial charge is 0.497 e. The van der Waals surface area contributed by atoms with Gasteiger partial charge in [-0.25, -0.2) is 9.97 Å². The molecule has 0 radical (unpaired) electrons. The zero-order valence-corrected chi connectivity index (χ0v) is 14.9. The summed E-state index contributed by atoms with van der Waals surface area (Å²) in [6, 6.07) is 16.3.